The van der Waals surface area contributed by atoms with Crippen LogP contribution in [-0.2, 0) is 9.59 Å². The molecular weight excluding hydrogens is 340 g/mol. The fourth-order valence-electron chi connectivity index (χ4n) is 3.64. The number of amides is 2. The highest BCUT2D eigenvalue weighted by Crippen LogP contribution is 2.31. The van der Waals surface area contributed by atoms with Gasteiger partial charge in [0.2, 0.25) is 11.8 Å². The summed E-state index contributed by atoms with van der Waals surface area (Å²) >= 11 is 0. The van der Waals surface area contributed by atoms with Crippen LogP contribution in [0.3, 0.4) is 0 Å². The van der Waals surface area contributed by atoms with E-state index in [0.29, 0.717) is 13.1 Å². The number of hydrogen-bond donors (Lipinski definition) is 0. The topological polar surface area (TPSA) is 49.9 Å². The van der Waals surface area contributed by atoms with Crippen LogP contribution in [-0.4, -0.2) is 35.8 Å². The van der Waals surface area contributed by atoms with Gasteiger partial charge in [-0.25, -0.2) is 0 Å². The number of carbonyl (C=O) groups is 2. The number of hydrogen-bond acceptors (Lipinski definition) is 3. The van der Waals surface area contributed by atoms with Crippen molar-refractivity contribution in [3.63, 3.8) is 0 Å². The first kappa shape index (κ1) is 17.6. The number of rotatable bonds is 4. The Labute approximate surface area is 159 Å². The molecule has 2 aromatic carbocycles. The second-order valence-corrected chi connectivity index (χ2v) is 7.23. The fourth-order valence-corrected chi connectivity index (χ4v) is 3.64. The third-order valence-electron chi connectivity index (χ3n) is 5.52. The normalized spacial score (nSPS) is 20.3. The van der Waals surface area contributed by atoms with Crippen LogP contribution < -0.4 is 9.64 Å². The van der Waals surface area contributed by atoms with Crippen molar-refractivity contribution in [3.05, 3.63) is 54.6 Å². The highest BCUT2D eigenvalue weighted by atomic mass is 16.5. The summed E-state index contributed by atoms with van der Waals surface area (Å²) in [6.07, 6.45) is 3.04. The molecule has 5 nitrogen and oxygen atoms in total. The monoisotopic (exact) mass is 364 g/mol. The van der Waals surface area contributed by atoms with Gasteiger partial charge in [-0.3, -0.25) is 9.59 Å². The lowest BCUT2D eigenvalue weighted by atomic mass is 9.84. The van der Waals surface area contributed by atoms with E-state index in [1.54, 1.807) is 9.80 Å². The molecule has 5 heteroatoms. The van der Waals surface area contributed by atoms with Crippen LogP contribution in [0.1, 0.15) is 26.2 Å². The number of ether oxygens (including phenoxy) is 1. The van der Waals surface area contributed by atoms with Crippen molar-refractivity contribution in [1.82, 2.24) is 4.90 Å². The standard InChI is InChI=1S/C22H24N2O3/c1-16-21(25)24(15-14-23(16)22(26)17-6-5-7-17)18-10-12-20(13-11-18)27-19-8-3-2-4-9-19/h2-4,8-13,16-17H,5-7,14-15H2,1H3. The van der Waals surface area contributed by atoms with Crippen LogP contribution in [0, 0.1) is 5.92 Å². The smallest absolute Gasteiger partial charge is 0.249 e. The summed E-state index contributed by atoms with van der Waals surface area (Å²) in [5.41, 5.74) is 0.836. The number of nitrogens with zero attached hydrogens (tertiary/aromatic N) is 2. The number of carbonyl (C=O) groups excluding carboxylic acids is 2. The molecule has 1 unspecified atom stereocenters. The molecule has 0 bridgehead atoms. The number of benzene rings is 2. The summed E-state index contributed by atoms with van der Waals surface area (Å²) in [6, 6.07) is 16.7. The van der Waals surface area contributed by atoms with Gasteiger partial charge in [0.15, 0.2) is 0 Å². The first-order chi connectivity index (χ1) is 13.1. The van der Waals surface area contributed by atoms with Gasteiger partial charge in [0.1, 0.15) is 17.5 Å². The Balaban J connectivity index is 1.43. The van der Waals surface area contributed by atoms with Crippen molar-refractivity contribution in [2.24, 2.45) is 5.92 Å². The second kappa shape index (κ2) is 7.43. The quantitative estimate of drug-likeness (QED) is 0.828. The molecular formula is C22H24N2O3. The van der Waals surface area contributed by atoms with Crippen molar-refractivity contribution in [2.75, 3.05) is 18.0 Å². The van der Waals surface area contributed by atoms with Crippen molar-refractivity contribution in [2.45, 2.75) is 32.2 Å². The molecule has 0 spiro atoms. The van der Waals surface area contributed by atoms with Crippen LogP contribution in [0.25, 0.3) is 0 Å². The summed E-state index contributed by atoms with van der Waals surface area (Å²) in [5, 5.41) is 0. The molecule has 0 aromatic heterocycles. The molecule has 1 saturated heterocycles. The van der Waals surface area contributed by atoms with E-state index in [1.165, 1.54) is 0 Å². The zero-order valence-electron chi connectivity index (χ0n) is 15.5. The molecule has 140 valence electrons. The summed E-state index contributed by atoms with van der Waals surface area (Å²) in [6.45, 7) is 2.95. The fraction of sp³-hybridized carbons (Fsp3) is 0.364. The van der Waals surface area contributed by atoms with E-state index in [1.807, 2.05) is 61.5 Å². The minimum Gasteiger partial charge on any atom is -0.457 e. The Morgan fingerprint density at radius 3 is 2.26 bits per heavy atom. The SMILES string of the molecule is CC1C(=O)N(c2ccc(Oc3ccccc3)cc2)CCN1C(=O)C1CCC1. The molecule has 2 fully saturated rings. The zero-order valence-corrected chi connectivity index (χ0v) is 15.5. The molecule has 2 aromatic rings. The van der Waals surface area contributed by atoms with Crippen molar-refractivity contribution < 1.29 is 14.3 Å². The Morgan fingerprint density at radius 1 is 0.963 bits per heavy atom. The maximum atomic E-state index is 12.8. The number of anilines is 1. The molecule has 1 atom stereocenters. The molecule has 27 heavy (non-hydrogen) atoms. The van der Waals surface area contributed by atoms with Crippen LogP contribution >= 0.6 is 0 Å². The van der Waals surface area contributed by atoms with Gasteiger partial charge in [0.25, 0.3) is 0 Å². The van der Waals surface area contributed by atoms with Crippen LogP contribution in [0.5, 0.6) is 11.5 Å². The van der Waals surface area contributed by atoms with Crippen molar-refractivity contribution >= 4 is 17.5 Å². The molecule has 4 rings (SSSR count). The Kier molecular flexibility index (Phi) is 4.84. The minimum atomic E-state index is -0.410. The van der Waals surface area contributed by atoms with Gasteiger partial charge in [-0.05, 0) is 56.2 Å². The Bertz CT molecular complexity index is 815. The van der Waals surface area contributed by atoms with E-state index in [9.17, 15) is 9.59 Å². The van der Waals surface area contributed by atoms with Crippen molar-refractivity contribution in [1.29, 1.82) is 0 Å². The molecule has 1 heterocycles. The largest absolute Gasteiger partial charge is 0.457 e. The first-order valence-electron chi connectivity index (χ1n) is 9.58. The average molecular weight is 364 g/mol. The summed E-state index contributed by atoms with van der Waals surface area (Å²) < 4.78 is 5.81. The van der Waals surface area contributed by atoms with E-state index < -0.39 is 6.04 Å². The van der Waals surface area contributed by atoms with Gasteiger partial charge >= 0.3 is 0 Å². The van der Waals surface area contributed by atoms with E-state index in [2.05, 4.69) is 0 Å². The van der Waals surface area contributed by atoms with E-state index in [-0.39, 0.29) is 17.7 Å². The lowest BCUT2D eigenvalue weighted by molar-refractivity contribution is -0.146. The third-order valence-corrected chi connectivity index (χ3v) is 5.52. The molecule has 2 amide bonds. The highest BCUT2D eigenvalue weighted by Gasteiger charge is 2.38. The predicted molar refractivity (Wildman–Crippen MR) is 104 cm³/mol. The van der Waals surface area contributed by atoms with Crippen LogP contribution in [0.2, 0.25) is 0 Å². The number of piperazine rings is 1. The van der Waals surface area contributed by atoms with E-state index >= 15 is 0 Å². The maximum absolute atomic E-state index is 12.8. The highest BCUT2D eigenvalue weighted by molar-refractivity contribution is 6.00. The van der Waals surface area contributed by atoms with E-state index in [4.69, 9.17) is 4.74 Å². The van der Waals surface area contributed by atoms with Crippen LogP contribution in [0.15, 0.2) is 54.6 Å². The zero-order chi connectivity index (χ0) is 18.8. The number of para-hydroxylation sites is 1. The molecule has 2 aliphatic rings. The van der Waals surface area contributed by atoms with E-state index in [0.717, 1.165) is 36.4 Å². The molecule has 1 aliphatic heterocycles. The summed E-state index contributed by atoms with van der Waals surface area (Å²) in [4.78, 5) is 28.9. The minimum absolute atomic E-state index is 0.0225. The Hall–Kier alpha value is -2.82. The predicted octanol–water partition coefficient (Wildman–Crippen LogP) is 3.84. The average Bonchev–Trinajstić information content (AvgIpc) is 2.64. The van der Waals surface area contributed by atoms with Gasteiger partial charge in [0.05, 0.1) is 0 Å². The second-order valence-electron chi connectivity index (χ2n) is 7.23. The van der Waals surface area contributed by atoms with Gasteiger partial charge < -0.3 is 14.5 Å². The molecule has 1 aliphatic carbocycles. The lowest BCUT2D eigenvalue weighted by Gasteiger charge is -2.41. The molecule has 1 saturated carbocycles. The lowest BCUT2D eigenvalue weighted by Crippen LogP contribution is -2.59. The van der Waals surface area contributed by atoms with Gasteiger partial charge in [-0.15, -0.1) is 0 Å². The third kappa shape index (κ3) is 3.54. The summed E-state index contributed by atoms with van der Waals surface area (Å²) in [5.74, 6) is 1.75. The van der Waals surface area contributed by atoms with Gasteiger partial charge in [-0.2, -0.15) is 0 Å². The maximum Gasteiger partial charge on any atom is 0.249 e. The Morgan fingerprint density at radius 2 is 1.63 bits per heavy atom. The van der Waals surface area contributed by atoms with Crippen molar-refractivity contribution in [3.8, 4) is 11.5 Å². The molecule has 0 N–H and O–H groups in total. The van der Waals surface area contributed by atoms with Gasteiger partial charge in [0, 0.05) is 24.7 Å². The van der Waals surface area contributed by atoms with Crippen LogP contribution in [0.4, 0.5) is 5.69 Å². The summed E-state index contributed by atoms with van der Waals surface area (Å²) in [7, 11) is 0. The first-order valence-corrected chi connectivity index (χ1v) is 9.58. The molecule has 0 radical (unpaired) electrons. The van der Waals surface area contributed by atoms with Gasteiger partial charge in [-0.1, -0.05) is 24.6 Å².